The Kier molecular flexibility index (Phi) is 5.42. The number of hydrogen-bond acceptors (Lipinski definition) is 2. The van der Waals surface area contributed by atoms with E-state index in [9.17, 15) is 5.11 Å². The van der Waals surface area contributed by atoms with Crippen molar-refractivity contribution in [2.45, 2.75) is 24.5 Å². The monoisotopic (exact) mass is 405 g/mol. The van der Waals surface area contributed by atoms with Gasteiger partial charge in [-0.25, -0.2) is 0 Å². The normalized spacial score (nSPS) is 16.4. The minimum Gasteiger partial charge on any atom is -0.379 e. The third-order valence-corrected chi connectivity index (χ3v) is 6.41. The summed E-state index contributed by atoms with van der Waals surface area (Å²) in [5.74, 6) is 0. The van der Waals surface area contributed by atoms with E-state index in [1.807, 2.05) is 24.3 Å². The average molecular weight is 406 g/mol. The van der Waals surface area contributed by atoms with Gasteiger partial charge in [0.25, 0.3) is 0 Å². The van der Waals surface area contributed by atoms with Crippen LogP contribution in [0.25, 0.3) is 22.3 Å². The minimum absolute atomic E-state index is 0.0535. The second-order valence-electron chi connectivity index (χ2n) is 8.24. The number of nitrogens with one attached hydrogen (secondary N) is 1. The van der Waals surface area contributed by atoms with Crippen LogP contribution in [-0.4, -0.2) is 17.7 Å². The van der Waals surface area contributed by atoms with E-state index < -0.39 is 5.60 Å². The summed E-state index contributed by atoms with van der Waals surface area (Å²) in [6.07, 6.45) is 2.00. The maximum absolute atomic E-state index is 12.7. The predicted octanol–water partition coefficient (Wildman–Crippen LogP) is 6.01. The van der Waals surface area contributed by atoms with Crippen LogP contribution < -0.4 is 5.32 Å². The highest BCUT2D eigenvalue weighted by molar-refractivity contribution is 5.74. The summed E-state index contributed by atoms with van der Waals surface area (Å²) in [6.45, 7) is 0.925. The highest BCUT2D eigenvalue weighted by atomic mass is 16.3. The number of aliphatic hydroxyl groups is 1. The molecule has 0 unspecified atom stereocenters. The number of hydrogen-bond donors (Lipinski definition) is 2. The Morgan fingerprint density at radius 2 is 1.06 bits per heavy atom. The van der Waals surface area contributed by atoms with E-state index in [1.54, 1.807) is 0 Å². The van der Waals surface area contributed by atoms with Gasteiger partial charge in [0.2, 0.25) is 0 Å². The Morgan fingerprint density at radius 3 is 1.52 bits per heavy atom. The summed E-state index contributed by atoms with van der Waals surface area (Å²) in [5, 5.41) is 16.3. The van der Waals surface area contributed by atoms with Gasteiger partial charge in [0.15, 0.2) is 0 Å². The molecule has 0 spiro atoms. The van der Waals surface area contributed by atoms with Gasteiger partial charge >= 0.3 is 0 Å². The molecule has 1 fully saturated rings. The summed E-state index contributed by atoms with van der Waals surface area (Å²) < 4.78 is 0. The van der Waals surface area contributed by atoms with Gasteiger partial charge in [0, 0.05) is 6.04 Å². The third-order valence-electron chi connectivity index (χ3n) is 6.41. The van der Waals surface area contributed by atoms with E-state index in [1.165, 1.54) is 0 Å². The molecule has 0 saturated carbocycles. The van der Waals surface area contributed by atoms with Crippen LogP contribution in [0.15, 0.2) is 109 Å². The second-order valence-corrected chi connectivity index (χ2v) is 8.24. The summed E-state index contributed by atoms with van der Waals surface area (Å²) in [4.78, 5) is 0. The van der Waals surface area contributed by atoms with Gasteiger partial charge in [-0.3, -0.25) is 0 Å². The average Bonchev–Trinajstić information content (AvgIpc) is 3.40. The first kappa shape index (κ1) is 19.7. The van der Waals surface area contributed by atoms with E-state index in [2.05, 4.69) is 90.2 Å². The first-order chi connectivity index (χ1) is 15.3. The molecule has 4 aromatic rings. The van der Waals surface area contributed by atoms with E-state index in [0.717, 1.165) is 52.8 Å². The lowest BCUT2D eigenvalue weighted by molar-refractivity contribution is 0.0453. The molecule has 1 saturated heterocycles. The molecule has 0 aromatic heterocycles. The summed E-state index contributed by atoms with van der Waals surface area (Å²) in [6, 6.07) is 37.3. The second kappa shape index (κ2) is 8.50. The van der Waals surface area contributed by atoms with Gasteiger partial charge in [-0.05, 0) is 52.8 Å². The van der Waals surface area contributed by atoms with Crippen molar-refractivity contribution in [3.8, 4) is 22.3 Å². The van der Waals surface area contributed by atoms with Crippen molar-refractivity contribution >= 4 is 0 Å². The first-order valence-electron chi connectivity index (χ1n) is 11.0. The van der Waals surface area contributed by atoms with Gasteiger partial charge in [-0.15, -0.1) is 0 Å². The van der Waals surface area contributed by atoms with Gasteiger partial charge < -0.3 is 10.4 Å². The molecular formula is C29H27NO. The molecule has 0 aliphatic carbocycles. The van der Waals surface area contributed by atoms with Crippen LogP contribution in [0.4, 0.5) is 0 Å². The number of benzene rings is 4. The highest BCUT2D eigenvalue weighted by Crippen LogP contribution is 2.44. The SMILES string of the molecule is OC(c1ccccc1-c1ccccc1)(c1ccccc1-c1ccccc1)[C@H]1CCCN1. The molecule has 5 rings (SSSR count). The lowest BCUT2D eigenvalue weighted by Gasteiger charge is -2.38. The Bertz CT molecular complexity index is 1060. The summed E-state index contributed by atoms with van der Waals surface area (Å²) >= 11 is 0. The van der Waals surface area contributed by atoms with Crippen molar-refractivity contribution in [1.82, 2.24) is 5.32 Å². The van der Waals surface area contributed by atoms with Gasteiger partial charge in [0.1, 0.15) is 5.60 Å². The fourth-order valence-electron chi connectivity index (χ4n) is 4.93. The van der Waals surface area contributed by atoms with Crippen LogP contribution in [0, 0.1) is 0 Å². The van der Waals surface area contributed by atoms with Crippen molar-refractivity contribution in [3.05, 3.63) is 120 Å². The van der Waals surface area contributed by atoms with Crippen molar-refractivity contribution in [1.29, 1.82) is 0 Å². The van der Waals surface area contributed by atoms with Gasteiger partial charge in [-0.2, -0.15) is 0 Å². The zero-order valence-electron chi connectivity index (χ0n) is 17.5. The summed E-state index contributed by atoms with van der Waals surface area (Å²) in [7, 11) is 0. The van der Waals surface area contributed by atoms with Crippen LogP contribution in [-0.2, 0) is 5.60 Å². The molecule has 31 heavy (non-hydrogen) atoms. The Hall–Kier alpha value is -3.20. The molecule has 0 amide bonds. The van der Waals surface area contributed by atoms with E-state index in [-0.39, 0.29) is 6.04 Å². The van der Waals surface area contributed by atoms with Crippen LogP contribution in [0.5, 0.6) is 0 Å². The Morgan fingerprint density at radius 1 is 0.613 bits per heavy atom. The Labute approximate surface area is 184 Å². The first-order valence-corrected chi connectivity index (χ1v) is 11.0. The molecule has 0 radical (unpaired) electrons. The van der Waals surface area contributed by atoms with Crippen molar-refractivity contribution < 1.29 is 5.11 Å². The van der Waals surface area contributed by atoms with E-state index in [0.29, 0.717) is 0 Å². The van der Waals surface area contributed by atoms with Crippen LogP contribution in [0.1, 0.15) is 24.0 Å². The molecule has 1 heterocycles. The Balaban J connectivity index is 1.77. The fraction of sp³-hybridized carbons (Fsp3) is 0.172. The molecule has 1 aliphatic rings. The lowest BCUT2D eigenvalue weighted by Crippen LogP contribution is -2.46. The largest absolute Gasteiger partial charge is 0.379 e. The van der Waals surface area contributed by atoms with Crippen LogP contribution >= 0.6 is 0 Å². The maximum Gasteiger partial charge on any atom is 0.131 e. The molecule has 154 valence electrons. The topological polar surface area (TPSA) is 32.3 Å². The molecule has 2 heteroatoms. The standard InChI is InChI=1S/C29H27NO/c31-29(28-20-11-21-30-28,26-18-9-7-16-24(26)22-12-3-1-4-13-22)27-19-10-8-17-25(27)23-14-5-2-6-15-23/h1-10,12-19,28,30-31H,11,20-21H2/t28-/m1/s1. The lowest BCUT2D eigenvalue weighted by atomic mass is 9.74. The molecule has 0 bridgehead atoms. The minimum atomic E-state index is -1.16. The third kappa shape index (κ3) is 3.59. The summed E-state index contributed by atoms with van der Waals surface area (Å²) in [5.41, 5.74) is 5.12. The zero-order chi connectivity index (χ0) is 21.1. The maximum atomic E-state index is 12.7. The molecule has 2 N–H and O–H groups in total. The van der Waals surface area contributed by atoms with Crippen molar-refractivity contribution in [2.24, 2.45) is 0 Å². The van der Waals surface area contributed by atoms with Crippen molar-refractivity contribution in [3.63, 3.8) is 0 Å². The van der Waals surface area contributed by atoms with E-state index >= 15 is 0 Å². The molecular weight excluding hydrogens is 378 g/mol. The van der Waals surface area contributed by atoms with Crippen LogP contribution in [0.3, 0.4) is 0 Å². The quantitative estimate of drug-likeness (QED) is 0.426. The smallest absolute Gasteiger partial charge is 0.131 e. The molecule has 4 aromatic carbocycles. The molecule has 1 atom stereocenters. The van der Waals surface area contributed by atoms with Crippen LogP contribution in [0.2, 0.25) is 0 Å². The molecule has 2 nitrogen and oxygen atoms in total. The molecule has 1 aliphatic heterocycles. The van der Waals surface area contributed by atoms with Gasteiger partial charge in [0.05, 0.1) is 0 Å². The van der Waals surface area contributed by atoms with Crippen molar-refractivity contribution in [2.75, 3.05) is 6.54 Å². The predicted molar refractivity (Wildman–Crippen MR) is 128 cm³/mol. The van der Waals surface area contributed by atoms with Gasteiger partial charge in [-0.1, -0.05) is 109 Å². The zero-order valence-corrected chi connectivity index (χ0v) is 17.5. The van der Waals surface area contributed by atoms with E-state index in [4.69, 9.17) is 0 Å². The number of rotatable bonds is 5. The highest BCUT2D eigenvalue weighted by Gasteiger charge is 2.44. The fourth-order valence-corrected chi connectivity index (χ4v) is 4.93.